The van der Waals surface area contributed by atoms with Gasteiger partial charge in [0.15, 0.2) is 0 Å². The molecule has 0 spiro atoms. The van der Waals surface area contributed by atoms with Crippen molar-refractivity contribution < 1.29 is 5.11 Å². The van der Waals surface area contributed by atoms with Crippen LogP contribution in [0, 0.1) is 23.2 Å². The summed E-state index contributed by atoms with van der Waals surface area (Å²) in [7, 11) is 0. The highest BCUT2D eigenvalue weighted by molar-refractivity contribution is 5.00. The highest BCUT2D eigenvalue weighted by Gasteiger charge is 2.51. The van der Waals surface area contributed by atoms with E-state index >= 15 is 0 Å². The lowest BCUT2D eigenvalue weighted by molar-refractivity contribution is -0.00216. The Bertz CT molecular complexity index is 203. The molecule has 0 saturated heterocycles. The number of aliphatic hydroxyl groups excluding tert-OH is 1. The van der Waals surface area contributed by atoms with Crippen LogP contribution >= 0.6 is 0 Å². The number of hydrogen-bond acceptors (Lipinski definition) is 1. The van der Waals surface area contributed by atoms with Gasteiger partial charge >= 0.3 is 0 Å². The Balaban J connectivity index is 2.20. The van der Waals surface area contributed by atoms with Gasteiger partial charge in [0.05, 0.1) is 6.10 Å². The van der Waals surface area contributed by atoms with Gasteiger partial charge in [-0.3, -0.25) is 0 Å². The van der Waals surface area contributed by atoms with Crippen molar-refractivity contribution in [3.63, 3.8) is 0 Å². The van der Waals surface area contributed by atoms with E-state index in [0.717, 1.165) is 11.8 Å². The fraction of sp³-hybridized carbons (Fsp3) is 1.00. The predicted octanol–water partition coefficient (Wildman–Crippen LogP) is 3.22. The maximum Gasteiger partial charge on any atom is 0.0545 e. The topological polar surface area (TPSA) is 20.2 Å². The zero-order valence-electron chi connectivity index (χ0n) is 9.79. The first-order valence-electron chi connectivity index (χ1n) is 6.24. The van der Waals surface area contributed by atoms with Crippen LogP contribution in [0.1, 0.15) is 52.9 Å². The van der Waals surface area contributed by atoms with Crippen molar-refractivity contribution in [2.75, 3.05) is 0 Å². The lowest BCUT2D eigenvalue weighted by Gasteiger charge is -2.45. The average Bonchev–Trinajstić information content (AvgIpc) is 2.43. The minimum atomic E-state index is -0.102. The van der Waals surface area contributed by atoms with Gasteiger partial charge in [0, 0.05) is 0 Å². The Labute approximate surface area is 87.9 Å². The van der Waals surface area contributed by atoms with Crippen LogP contribution in [0.15, 0.2) is 0 Å². The third-order valence-corrected chi connectivity index (χ3v) is 5.13. The zero-order valence-corrected chi connectivity index (χ0v) is 9.79. The molecular formula is C13H24O. The van der Waals surface area contributed by atoms with Crippen molar-refractivity contribution in [2.24, 2.45) is 23.2 Å². The average molecular weight is 196 g/mol. The normalized spacial score (nSPS) is 50.1. The lowest BCUT2D eigenvalue weighted by Crippen LogP contribution is -2.39. The lowest BCUT2D eigenvalue weighted by atomic mass is 9.61. The minimum Gasteiger partial charge on any atom is -0.393 e. The van der Waals surface area contributed by atoms with Crippen LogP contribution in [0.5, 0.6) is 0 Å². The van der Waals surface area contributed by atoms with E-state index in [4.69, 9.17) is 0 Å². The SMILES string of the molecule is CC1CCC[C@@]2(C)C1CCC2[C@@H](C)O. The Morgan fingerprint density at radius 1 is 1.29 bits per heavy atom. The van der Waals surface area contributed by atoms with Crippen LogP contribution < -0.4 is 0 Å². The molecule has 0 aromatic rings. The van der Waals surface area contributed by atoms with Gasteiger partial charge in [-0.2, -0.15) is 0 Å². The van der Waals surface area contributed by atoms with Crippen LogP contribution in [0.2, 0.25) is 0 Å². The highest BCUT2D eigenvalue weighted by Crippen LogP contribution is 2.58. The molecular weight excluding hydrogens is 172 g/mol. The van der Waals surface area contributed by atoms with E-state index in [1.807, 2.05) is 6.92 Å². The Morgan fingerprint density at radius 3 is 2.64 bits per heavy atom. The molecule has 2 rings (SSSR count). The molecule has 2 aliphatic carbocycles. The molecule has 0 aromatic heterocycles. The van der Waals surface area contributed by atoms with Crippen molar-refractivity contribution >= 4 is 0 Å². The summed E-state index contributed by atoms with van der Waals surface area (Å²) in [5.74, 6) is 2.34. The third-order valence-electron chi connectivity index (χ3n) is 5.13. The van der Waals surface area contributed by atoms with Crippen LogP contribution in [0.25, 0.3) is 0 Å². The second-order valence-electron chi connectivity index (χ2n) is 5.91. The molecule has 1 nitrogen and oxygen atoms in total. The molecule has 1 heteroatoms. The summed E-state index contributed by atoms with van der Waals surface area (Å²) in [6, 6.07) is 0. The smallest absolute Gasteiger partial charge is 0.0545 e. The molecule has 0 bridgehead atoms. The Morgan fingerprint density at radius 2 is 2.00 bits per heavy atom. The van der Waals surface area contributed by atoms with Crippen molar-refractivity contribution in [1.29, 1.82) is 0 Å². The van der Waals surface area contributed by atoms with Gasteiger partial charge in [0.25, 0.3) is 0 Å². The molecule has 0 aliphatic heterocycles. The number of rotatable bonds is 1. The minimum absolute atomic E-state index is 0.102. The van der Waals surface area contributed by atoms with E-state index < -0.39 is 0 Å². The van der Waals surface area contributed by atoms with E-state index in [1.165, 1.54) is 32.1 Å². The number of hydrogen-bond donors (Lipinski definition) is 1. The molecule has 2 saturated carbocycles. The molecule has 2 aliphatic rings. The summed E-state index contributed by atoms with van der Waals surface area (Å²) < 4.78 is 0. The first kappa shape index (κ1) is 10.5. The molecule has 0 aromatic carbocycles. The summed E-state index contributed by atoms with van der Waals surface area (Å²) in [4.78, 5) is 0. The highest BCUT2D eigenvalue weighted by atomic mass is 16.3. The van der Waals surface area contributed by atoms with Crippen LogP contribution in [-0.4, -0.2) is 11.2 Å². The third kappa shape index (κ3) is 1.41. The molecule has 14 heavy (non-hydrogen) atoms. The van der Waals surface area contributed by atoms with E-state index in [0.29, 0.717) is 11.3 Å². The molecule has 0 amide bonds. The van der Waals surface area contributed by atoms with E-state index in [-0.39, 0.29) is 6.10 Å². The van der Waals surface area contributed by atoms with Crippen LogP contribution in [-0.2, 0) is 0 Å². The van der Waals surface area contributed by atoms with Gasteiger partial charge in [-0.1, -0.05) is 26.7 Å². The van der Waals surface area contributed by atoms with Crippen molar-refractivity contribution in [1.82, 2.24) is 0 Å². The fourth-order valence-corrected chi connectivity index (χ4v) is 4.40. The molecule has 3 unspecified atom stereocenters. The first-order valence-corrected chi connectivity index (χ1v) is 6.24. The quantitative estimate of drug-likeness (QED) is 0.682. The van der Waals surface area contributed by atoms with Gasteiger partial charge in [0.2, 0.25) is 0 Å². The Hall–Kier alpha value is -0.0400. The van der Waals surface area contributed by atoms with Crippen LogP contribution in [0.3, 0.4) is 0 Å². The first-order chi connectivity index (χ1) is 6.55. The Kier molecular flexibility index (Phi) is 2.63. The maximum absolute atomic E-state index is 9.84. The second-order valence-corrected chi connectivity index (χ2v) is 5.91. The standard InChI is InChI=1S/C13H24O/c1-9-5-4-8-13(3)11(9)6-7-12(13)10(2)14/h9-12,14H,4-8H2,1-3H3/t9?,10-,11?,12?,13+/m1/s1. The van der Waals surface area contributed by atoms with Crippen molar-refractivity contribution in [3.8, 4) is 0 Å². The zero-order chi connectivity index (χ0) is 10.3. The molecule has 0 radical (unpaired) electrons. The fourth-order valence-electron chi connectivity index (χ4n) is 4.40. The van der Waals surface area contributed by atoms with Crippen molar-refractivity contribution in [3.05, 3.63) is 0 Å². The second kappa shape index (κ2) is 3.52. The van der Waals surface area contributed by atoms with Gasteiger partial charge in [-0.05, 0) is 49.4 Å². The number of aliphatic hydroxyl groups is 1. The van der Waals surface area contributed by atoms with Crippen LogP contribution in [0.4, 0.5) is 0 Å². The molecule has 5 atom stereocenters. The maximum atomic E-state index is 9.84. The molecule has 82 valence electrons. The number of fused-ring (bicyclic) bond motifs is 1. The summed E-state index contributed by atoms with van der Waals surface area (Å²) in [6.07, 6.45) is 6.63. The monoisotopic (exact) mass is 196 g/mol. The van der Waals surface area contributed by atoms with E-state index in [2.05, 4.69) is 13.8 Å². The summed E-state index contributed by atoms with van der Waals surface area (Å²) in [5.41, 5.74) is 0.450. The summed E-state index contributed by atoms with van der Waals surface area (Å²) >= 11 is 0. The molecule has 2 fully saturated rings. The van der Waals surface area contributed by atoms with Gasteiger partial charge in [-0.25, -0.2) is 0 Å². The van der Waals surface area contributed by atoms with E-state index in [1.54, 1.807) is 0 Å². The molecule has 1 N–H and O–H groups in total. The van der Waals surface area contributed by atoms with Gasteiger partial charge in [-0.15, -0.1) is 0 Å². The van der Waals surface area contributed by atoms with Crippen molar-refractivity contribution in [2.45, 2.75) is 59.0 Å². The largest absolute Gasteiger partial charge is 0.393 e. The van der Waals surface area contributed by atoms with E-state index in [9.17, 15) is 5.11 Å². The predicted molar refractivity (Wildman–Crippen MR) is 59.0 cm³/mol. The summed E-state index contributed by atoms with van der Waals surface area (Å²) in [6.45, 7) is 6.82. The van der Waals surface area contributed by atoms with Gasteiger partial charge in [0.1, 0.15) is 0 Å². The van der Waals surface area contributed by atoms with Gasteiger partial charge < -0.3 is 5.11 Å². The molecule has 0 heterocycles. The summed E-state index contributed by atoms with van der Waals surface area (Å²) in [5, 5.41) is 9.84.